The van der Waals surface area contributed by atoms with Crippen LogP contribution in [-0.4, -0.2) is 37.6 Å². The Morgan fingerprint density at radius 3 is 2.46 bits per heavy atom. The van der Waals surface area contributed by atoms with Crippen molar-refractivity contribution in [2.45, 2.75) is 33.1 Å². The van der Waals surface area contributed by atoms with Gasteiger partial charge >= 0.3 is 0 Å². The minimum atomic E-state index is 0.227. The summed E-state index contributed by atoms with van der Waals surface area (Å²) in [5, 5.41) is 0. The van der Waals surface area contributed by atoms with Crippen LogP contribution in [0.25, 0.3) is 0 Å². The molecule has 3 heteroatoms. The summed E-state index contributed by atoms with van der Waals surface area (Å²) in [5.41, 5.74) is 0. The van der Waals surface area contributed by atoms with Crippen molar-refractivity contribution in [2.75, 3.05) is 26.8 Å². The molecule has 0 aliphatic carbocycles. The van der Waals surface area contributed by atoms with Crippen LogP contribution in [-0.2, 0) is 9.53 Å². The minimum Gasteiger partial charge on any atom is -0.383 e. The summed E-state index contributed by atoms with van der Waals surface area (Å²) in [6, 6.07) is 0. The quantitative estimate of drug-likeness (QED) is 0.607. The summed E-state index contributed by atoms with van der Waals surface area (Å²) in [6.45, 7) is 6.25. The van der Waals surface area contributed by atoms with Crippen LogP contribution in [0, 0.1) is 0 Å². The lowest BCUT2D eigenvalue weighted by Gasteiger charge is -2.21. The van der Waals surface area contributed by atoms with Crippen LogP contribution >= 0.6 is 0 Å². The molecule has 78 valence electrons. The van der Waals surface area contributed by atoms with E-state index in [4.69, 9.17) is 4.74 Å². The summed E-state index contributed by atoms with van der Waals surface area (Å²) in [7, 11) is 1.66. The predicted molar refractivity (Wildman–Crippen MR) is 53.7 cm³/mol. The van der Waals surface area contributed by atoms with E-state index >= 15 is 0 Å². The molecule has 0 bridgehead atoms. The van der Waals surface area contributed by atoms with Crippen molar-refractivity contribution in [3.63, 3.8) is 0 Å². The Balaban J connectivity index is 3.79. The molecule has 0 N–H and O–H groups in total. The van der Waals surface area contributed by atoms with Gasteiger partial charge in [-0.3, -0.25) is 4.79 Å². The Morgan fingerprint density at radius 2 is 2.00 bits per heavy atom. The van der Waals surface area contributed by atoms with Crippen LogP contribution in [0.15, 0.2) is 0 Å². The number of amides is 1. The zero-order chi connectivity index (χ0) is 10.1. The Kier molecular flexibility index (Phi) is 7.69. The van der Waals surface area contributed by atoms with Gasteiger partial charge in [0.1, 0.15) is 0 Å². The van der Waals surface area contributed by atoms with Crippen LogP contribution in [0.1, 0.15) is 33.1 Å². The standard InChI is InChI=1S/C10H21NO2/c1-4-6-7-11(8-9-13-3)10(12)5-2/h4-9H2,1-3H3. The topological polar surface area (TPSA) is 29.5 Å². The lowest BCUT2D eigenvalue weighted by molar-refractivity contribution is -0.131. The van der Waals surface area contributed by atoms with E-state index in [2.05, 4.69) is 6.92 Å². The molecule has 0 fully saturated rings. The van der Waals surface area contributed by atoms with Gasteiger partial charge in [-0.1, -0.05) is 20.3 Å². The first-order valence-electron chi connectivity index (χ1n) is 5.02. The molecule has 0 saturated heterocycles. The number of ether oxygens (including phenoxy) is 1. The first-order chi connectivity index (χ1) is 6.26. The normalized spacial score (nSPS) is 10.1. The Morgan fingerprint density at radius 1 is 1.31 bits per heavy atom. The maximum absolute atomic E-state index is 11.4. The zero-order valence-corrected chi connectivity index (χ0v) is 9.01. The molecule has 0 aromatic carbocycles. The van der Waals surface area contributed by atoms with Crippen LogP contribution in [0.4, 0.5) is 0 Å². The second-order valence-electron chi connectivity index (χ2n) is 3.08. The molecule has 0 atom stereocenters. The number of carbonyl (C=O) groups is 1. The molecule has 0 aliphatic rings. The first kappa shape index (κ1) is 12.4. The van der Waals surface area contributed by atoms with Gasteiger partial charge in [-0.25, -0.2) is 0 Å². The molecule has 0 spiro atoms. The van der Waals surface area contributed by atoms with E-state index in [0.717, 1.165) is 25.9 Å². The number of hydrogen-bond donors (Lipinski definition) is 0. The van der Waals surface area contributed by atoms with E-state index in [1.165, 1.54) is 0 Å². The SMILES string of the molecule is CCCCN(CCOC)C(=O)CC. The van der Waals surface area contributed by atoms with Gasteiger partial charge in [0.05, 0.1) is 6.61 Å². The Bertz CT molecular complexity index is 129. The van der Waals surface area contributed by atoms with Gasteiger partial charge in [-0.2, -0.15) is 0 Å². The fourth-order valence-corrected chi connectivity index (χ4v) is 1.14. The van der Waals surface area contributed by atoms with E-state index in [0.29, 0.717) is 13.0 Å². The highest BCUT2D eigenvalue weighted by Crippen LogP contribution is 1.98. The van der Waals surface area contributed by atoms with Gasteiger partial charge < -0.3 is 9.64 Å². The van der Waals surface area contributed by atoms with Crippen LogP contribution in [0.2, 0.25) is 0 Å². The molecule has 0 unspecified atom stereocenters. The molecule has 13 heavy (non-hydrogen) atoms. The summed E-state index contributed by atoms with van der Waals surface area (Å²) in [6.07, 6.45) is 2.79. The van der Waals surface area contributed by atoms with Crippen molar-refractivity contribution < 1.29 is 9.53 Å². The third kappa shape index (κ3) is 5.64. The highest BCUT2D eigenvalue weighted by Gasteiger charge is 2.09. The Labute approximate surface area is 81.1 Å². The minimum absolute atomic E-state index is 0.227. The highest BCUT2D eigenvalue weighted by molar-refractivity contribution is 5.75. The van der Waals surface area contributed by atoms with E-state index in [1.54, 1.807) is 7.11 Å². The van der Waals surface area contributed by atoms with Gasteiger partial charge in [-0.15, -0.1) is 0 Å². The van der Waals surface area contributed by atoms with Gasteiger partial charge in [-0.05, 0) is 6.42 Å². The van der Waals surface area contributed by atoms with E-state index in [-0.39, 0.29) is 5.91 Å². The summed E-state index contributed by atoms with van der Waals surface area (Å²) in [5.74, 6) is 0.227. The number of carbonyl (C=O) groups excluding carboxylic acids is 1. The lowest BCUT2D eigenvalue weighted by Crippen LogP contribution is -2.34. The van der Waals surface area contributed by atoms with Crippen molar-refractivity contribution in [3.8, 4) is 0 Å². The lowest BCUT2D eigenvalue weighted by atomic mass is 10.3. The molecule has 1 amide bonds. The second-order valence-corrected chi connectivity index (χ2v) is 3.08. The Hall–Kier alpha value is -0.570. The zero-order valence-electron chi connectivity index (χ0n) is 9.01. The van der Waals surface area contributed by atoms with Crippen molar-refractivity contribution >= 4 is 5.91 Å². The fraction of sp³-hybridized carbons (Fsp3) is 0.900. The molecule has 0 aromatic heterocycles. The van der Waals surface area contributed by atoms with Crippen molar-refractivity contribution in [1.82, 2.24) is 4.90 Å². The molecule has 0 radical (unpaired) electrons. The first-order valence-corrected chi connectivity index (χ1v) is 5.02. The maximum Gasteiger partial charge on any atom is 0.222 e. The molecule has 0 rings (SSSR count). The third-order valence-corrected chi connectivity index (χ3v) is 2.00. The van der Waals surface area contributed by atoms with Gasteiger partial charge in [0.15, 0.2) is 0 Å². The molecule has 0 heterocycles. The largest absolute Gasteiger partial charge is 0.383 e. The molecular formula is C10H21NO2. The smallest absolute Gasteiger partial charge is 0.222 e. The average Bonchev–Trinajstić information content (AvgIpc) is 2.17. The third-order valence-electron chi connectivity index (χ3n) is 2.00. The van der Waals surface area contributed by atoms with Crippen LogP contribution < -0.4 is 0 Å². The summed E-state index contributed by atoms with van der Waals surface area (Å²) in [4.78, 5) is 13.3. The van der Waals surface area contributed by atoms with Crippen molar-refractivity contribution in [3.05, 3.63) is 0 Å². The second kappa shape index (κ2) is 8.05. The molecular weight excluding hydrogens is 166 g/mol. The van der Waals surface area contributed by atoms with Gasteiger partial charge in [0, 0.05) is 26.6 Å². The van der Waals surface area contributed by atoms with Crippen molar-refractivity contribution in [2.24, 2.45) is 0 Å². The van der Waals surface area contributed by atoms with Crippen molar-refractivity contribution in [1.29, 1.82) is 0 Å². The molecule has 3 nitrogen and oxygen atoms in total. The fourth-order valence-electron chi connectivity index (χ4n) is 1.14. The predicted octanol–water partition coefficient (Wildman–Crippen LogP) is 1.67. The van der Waals surface area contributed by atoms with Crippen LogP contribution in [0.3, 0.4) is 0 Å². The summed E-state index contributed by atoms with van der Waals surface area (Å²) < 4.78 is 4.95. The molecule has 0 aromatic rings. The van der Waals surface area contributed by atoms with Gasteiger partial charge in [0.25, 0.3) is 0 Å². The summed E-state index contributed by atoms with van der Waals surface area (Å²) >= 11 is 0. The maximum atomic E-state index is 11.4. The van der Waals surface area contributed by atoms with E-state index < -0.39 is 0 Å². The van der Waals surface area contributed by atoms with Crippen LogP contribution in [0.5, 0.6) is 0 Å². The number of nitrogens with zero attached hydrogens (tertiary/aromatic N) is 1. The van der Waals surface area contributed by atoms with Gasteiger partial charge in [0.2, 0.25) is 5.91 Å². The van der Waals surface area contributed by atoms with E-state index in [9.17, 15) is 4.79 Å². The molecule has 0 aliphatic heterocycles. The monoisotopic (exact) mass is 187 g/mol. The average molecular weight is 187 g/mol. The number of rotatable bonds is 7. The molecule has 0 saturated carbocycles. The number of hydrogen-bond acceptors (Lipinski definition) is 2. The number of methoxy groups -OCH3 is 1. The van der Waals surface area contributed by atoms with E-state index in [1.807, 2.05) is 11.8 Å². The number of unbranched alkanes of at least 4 members (excludes halogenated alkanes) is 1. The highest BCUT2D eigenvalue weighted by atomic mass is 16.5.